The number of likely N-dealkylation sites (tertiary alicyclic amines) is 1. The normalized spacial score (nSPS) is 15.0. The fourth-order valence-electron chi connectivity index (χ4n) is 3.85. The standard InChI is InChI=1S/C21H23F3N6O3S/c1-32-14-2-3-15(33-21(22,23)24)16(10-14)34-20-27-17-18(25)26-11-30(19(17)28-20)9-6-13-4-7-29(12-31)8-5-13/h2-3,10-13,25H,4-9H2,1H3,(H,27,28). The predicted octanol–water partition coefficient (Wildman–Crippen LogP) is 3.56. The number of piperidine rings is 1. The number of imidazole rings is 1. The quantitative estimate of drug-likeness (QED) is 0.462. The summed E-state index contributed by atoms with van der Waals surface area (Å²) in [5, 5.41) is 8.41. The molecule has 34 heavy (non-hydrogen) atoms. The highest BCUT2D eigenvalue weighted by Gasteiger charge is 2.32. The van der Waals surface area contributed by atoms with Gasteiger partial charge < -0.3 is 23.9 Å². The van der Waals surface area contributed by atoms with Crippen molar-refractivity contribution in [3.8, 4) is 11.5 Å². The van der Waals surface area contributed by atoms with E-state index in [4.69, 9.17) is 10.1 Å². The molecule has 1 aliphatic heterocycles. The highest BCUT2D eigenvalue weighted by atomic mass is 32.2. The lowest BCUT2D eigenvalue weighted by molar-refractivity contribution is -0.275. The highest BCUT2D eigenvalue weighted by molar-refractivity contribution is 7.99. The van der Waals surface area contributed by atoms with Crippen LogP contribution in [-0.2, 0) is 11.3 Å². The van der Waals surface area contributed by atoms with Crippen LogP contribution in [0, 0.1) is 11.3 Å². The number of aromatic nitrogens is 4. The predicted molar refractivity (Wildman–Crippen MR) is 117 cm³/mol. The third-order valence-electron chi connectivity index (χ3n) is 5.66. The zero-order valence-corrected chi connectivity index (χ0v) is 19.1. The van der Waals surface area contributed by atoms with Gasteiger partial charge in [-0.1, -0.05) is 0 Å². The van der Waals surface area contributed by atoms with Gasteiger partial charge in [0.1, 0.15) is 17.0 Å². The van der Waals surface area contributed by atoms with Crippen LogP contribution < -0.4 is 15.0 Å². The maximum atomic E-state index is 12.9. The van der Waals surface area contributed by atoms with E-state index in [1.54, 1.807) is 11.2 Å². The van der Waals surface area contributed by atoms with Gasteiger partial charge >= 0.3 is 6.36 Å². The van der Waals surface area contributed by atoms with Crippen LogP contribution in [0.1, 0.15) is 19.3 Å². The molecule has 0 bridgehead atoms. The first kappa shape index (κ1) is 23.9. The Bertz CT molecular complexity index is 1220. The molecule has 1 aliphatic rings. The molecule has 13 heteroatoms. The fraction of sp³-hybridized carbons (Fsp3) is 0.429. The molecule has 0 atom stereocenters. The van der Waals surface area contributed by atoms with Gasteiger partial charge in [-0.3, -0.25) is 10.2 Å². The van der Waals surface area contributed by atoms with Crippen LogP contribution in [-0.4, -0.2) is 57.4 Å². The largest absolute Gasteiger partial charge is 0.573 e. The molecule has 9 nitrogen and oxygen atoms in total. The molecule has 4 rings (SSSR count). The molecule has 3 aromatic rings. The average molecular weight is 497 g/mol. The molecule has 0 saturated carbocycles. The number of carbonyl (C=O) groups excluding carboxylic acids is 1. The van der Waals surface area contributed by atoms with Gasteiger partial charge in [-0.05, 0) is 55.1 Å². The first-order chi connectivity index (χ1) is 16.3. The van der Waals surface area contributed by atoms with Crippen molar-refractivity contribution >= 4 is 29.3 Å². The Balaban J connectivity index is 1.56. The van der Waals surface area contributed by atoms with Gasteiger partial charge in [-0.25, -0.2) is 9.97 Å². The molecular formula is C21H23F3N6O3S. The maximum Gasteiger partial charge on any atom is 0.573 e. The van der Waals surface area contributed by atoms with Crippen molar-refractivity contribution in [1.29, 1.82) is 5.41 Å². The number of aromatic amines is 1. The molecule has 0 radical (unpaired) electrons. The number of ether oxygens (including phenoxy) is 2. The van der Waals surface area contributed by atoms with Crippen molar-refractivity contribution in [1.82, 2.24) is 24.4 Å². The lowest BCUT2D eigenvalue weighted by Crippen LogP contribution is -2.32. The van der Waals surface area contributed by atoms with E-state index in [1.807, 2.05) is 4.57 Å². The number of aryl methyl sites for hydroxylation is 1. The maximum absolute atomic E-state index is 12.9. The van der Waals surface area contributed by atoms with E-state index < -0.39 is 6.36 Å². The lowest BCUT2D eigenvalue weighted by atomic mass is 9.94. The highest BCUT2D eigenvalue weighted by Crippen LogP contribution is 2.39. The Labute approximate surface area is 196 Å². The second-order valence-corrected chi connectivity index (χ2v) is 8.89. The number of fused-ring (bicyclic) bond motifs is 1. The number of hydrogen-bond acceptors (Lipinski definition) is 7. The van der Waals surface area contributed by atoms with E-state index in [1.165, 1.54) is 25.3 Å². The molecule has 0 spiro atoms. The summed E-state index contributed by atoms with van der Waals surface area (Å²) in [6.07, 6.45) is 0.283. The summed E-state index contributed by atoms with van der Waals surface area (Å²) in [6, 6.07) is 3.99. The number of methoxy groups -OCH3 is 1. The lowest BCUT2D eigenvalue weighted by Gasteiger charge is -2.29. The topological polar surface area (TPSA) is 109 Å². The summed E-state index contributed by atoms with van der Waals surface area (Å²) in [6.45, 7) is 2.10. The number of alkyl halides is 3. The number of halogens is 3. The van der Waals surface area contributed by atoms with Crippen molar-refractivity contribution in [2.75, 3.05) is 20.2 Å². The molecule has 3 heterocycles. The molecule has 1 amide bonds. The van der Waals surface area contributed by atoms with E-state index in [-0.39, 0.29) is 16.1 Å². The monoisotopic (exact) mass is 496 g/mol. The van der Waals surface area contributed by atoms with E-state index in [9.17, 15) is 18.0 Å². The van der Waals surface area contributed by atoms with E-state index in [0.29, 0.717) is 34.5 Å². The third kappa shape index (κ3) is 5.64. The zero-order valence-electron chi connectivity index (χ0n) is 18.3. The molecule has 2 N–H and O–H groups in total. The number of hydrogen-bond donors (Lipinski definition) is 2. The van der Waals surface area contributed by atoms with Gasteiger partial charge in [0.2, 0.25) is 6.41 Å². The number of nitrogens with zero attached hydrogens (tertiary/aromatic N) is 4. The van der Waals surface area contributed by atoms with Crippen LogP contribution >= 0.6 is 11.8 Å². The minimum atomic E-state index is -4.85. The molecule has 1 saturated heterocycles. The van der Waals surface area contributed by atoms with Crippen molar-refractivity contribution in [3.63, 3.8) is 0 Å². The summed E-state index contributed by atoms with van der Waals surface area (Å²) >= 11 is 0.942. The second kappa shape index (κ2) is 9.95. The van der Waals surface area contributed by atoms with Crippen LogP contribution in [0.25, 0.3) is 11.2 Å². The number of nitrogens with one attached hydrogen (secondary N) is 2. The number of benzene rings is 1. The Morgan fingerprint density at radius 2 is 2.09 bits per heavy atom. The van der Waals surface area contributed by atoms with Crippen molar-refractivity contribution < 1.29 is 27.4 Å². The number of rotatable bonds is 8. The Morgan fingerprint density at radius 1 is 1.32 bits per heavy atom. The van der Waals surface area contributed by atoms with Crippen molar-refractivity contribution in [2.45, 2.75) is 42.2 Å². The van der Waals surface area contributed by atoms with Crippen molar-refractivity contribution in [2.24, 2.45) is 5.92 Å². The van der Waals surface area contributed by atoms with Gasteiger partial charge in [0.15, 0.2) is 16.3 Å². The third-order valence-corrected chi connectivity index (χ3v) is 6.58. The van der Waals surface area contributed by atoms with Crippen molar-refractivity contribution in [3.05, 3.63) is 30.0 Å². The summed E-state index contributed by atoms with van der Waals surface area (Å²) in [4.78, 5) is 24.4. The molecule has 0 unspecified atom stereocenters. The van der Waals surface area contributed by atoms with Crippen LogP contribution in [0.3, 0.4) is 0 Å². The van der Waals surface area contributed by atoms with Gasteiger partial charge in [-0.2, -0.15) is 0 Å². The molecular weight excluding hydrogens is 473 g/mol. The summed E-state index contributed by atoms with van der Waals surface area (Å²) < 4.78 is 49.7. The summed E-state index contributed by atoms with van der Waals surface area (Å²) in [7, 11) is 1.42. The zero-order chi connectivity index (χ0) is 24.3. The van der Waals surface area contributed by atoms with Crippen LogP contribution in [0.4, 0.5) is 13.2 Å². The van der Waals surface area contributed by atoms with Crippen LogP contribution in [0.5, 0.6) is 11.5 Å². The fourth-order valence-corrected chi connectivity index (χ4v) is 4.73. The van der Waals surface area contributed by atoms with Gasteiger partial charge in [0.25, 0.3) is 0 Å². The number of H-pyrrole nitrogens is 1. The minimum absolute atomic E-state index is 0.0118. The van der Waals surface area contributed by atoms with Crippen LogP contribution in [0.15, 0.2) is 34.6 Å². The number of carbonyl (C=O) groups is 1. The second-order valence-electron chi connectivity index (χ2n) is 7.86. The first-order valence-electron chi connectivity index (χ1n) is 10.6. The van der Waals surface area contributed by atoms with Crippen LogP contribution in [0.2, 0.25) is 0 Å². The Kier molecular flexibility index (Phi) is 7.00. The molecule has 1 fully saturated rings. The Morgan fingerprint density at radius 3 is 2.76 bits per heavy atom. The molecule has 2 aromatic heterocycles. The molecule has 182 valence electrons. The summed E-state index contributed by atoms with van der Waals surface area (Å²) in [5.41, 5.74) is 0.873. The average Bonchev–Trinajstić information content (AvgIpc) is 3.24. The van der Waals surface area contributed by atoms with Gasteiger partial charge in [0, 0.05) is 19.6 Å². The Hall–Kier alpha value is -3.22. The van der Waals surface area contributed by atoms with Gasteiger partial charge in [0.05, 0.1) is 18.3 Å². The molecule has 1 aromatic carbocycles. The smallest absolute Gasteiger partial charge is 0.497 e. The number of amides is 1. The van der Waals surface area contributed by atoms with E-state index >= 15 is 0 Å². The van der Waals surface area contributed by atoms with E-state index in [0.717, 1.165) is 50.5 Å². The van der Waals surface area contributed by atoms with E-state index in [2.05, 4.69) is 19.7 Å². The van der Waals surface area contributed by atoms with Gasteiger partial charge in [-0.15, -0.1) is 13.2 Å². The first-order valence-corrected chi connectivity index (χ1v) is 11.4. The minimum Gasteiger partial charge on any atom is -0.497 e. The SMILES string of the molecule is COc1ccc(OC(F)(F)F)c(Sc2nc3c([nH]2)c(=N)ncn3CCC2CCN(C=O)CC2)c1. The molecule has 0 aliphatic carbocycles. The summed E-state index contributed by atoms with van der Waals surface area (Å²) in [5.74, 6) is 0.449.